The lowest BCUT2D eigenvalue weighted by atomic mass is 10.0. The van der Waals surface area contributed by atoms with Crippen molar-refractivity contribution in [1.29, 1.82) is 0 Å². The summed E-state index contributed by atoms with van der Waals surface area (Å²) in [4.78, 5) is 35.9. The highest BCUT2D eigenvalue weighted by Gasteiger charge is 2.29. The summed E-state index contributed by atoms with van der Waals surface area (Å²) < 4.78 is 27.8. The molecule has 3 aromatic rings. The van der Waals surface area contributed by atoms with Gasteiger partial charge >= 0.3 is 0 Å². The third-order valence-electron chi connectivity index (χ3n) is 5.87. The van der Waals surface area contributed by atoms with Crippen molar-refractivity contribution < 1.29 is 18.4 Å². The van der Waals surface area contributed by atoms with E-state index in [0.717, 1.165) is 25.9 Å². The summed E-state index contributed by atoms with van der Waals surface area (Å²) in [6.07, 6.45) is 4.57. The van der Waals surface area contributed by atoms with Crippen LogP contribution >= 0.6 is 11.6 Å². The molecule has 1 saturated heterocycles. The Bertz CT molecular complexity index is 1180. The van der Waals surface area contributed by atoms with Crippen molar-refractivity contribution >= 4 is 23.4 Å². The van der Waals surface area contributed by atoms with Crippen LogP contribution in [0.2, 0.25) is 5.02 Å². The van der Waals surface area contributed by atoms with Gasteiger partial charge in [-0.1, -0.05) is 29.8 Å². The van der Waals surface area contributed by atoms with Crippen molar-refractivity contribution in [2.24, 2.45) is 0 Å². The maximum absolute atomic E-state index is 14.7. The maximum Gasteiger partial charge on any atom is 0.272 e. The van der Waals surface area contributed by atoms with Crippen LogP contribution in [-0.4, -0.2) is 46.3 Å². The Hall–Kier alpha value is -3.43. The number of aromatic nitrogens is 2. The Morgan fingerprint density at radius 1 is 0.943 bits per heavy atom. The van der Waals surface area contributed by atoms with Gasteiger partial charge in [0.1, 0.15) is 11.6 Å². The number of amides is 2. The summed E-state index contributed by atoms with van der Waals surface area (Å²) in [5, 5.41) is 5.72. The summed E-state index contributed by atoms with van der Waals surface area (Å²) in [6.45, 7) is 1.72. The molecule has 0 aliphatic carbocycles. The first-order chi connectivity index (χ1) is 16.9. The second-order valence-corrected chi connectivity index (χ2v) is 8.57. The molecule has 1 aromatic heterocycles. The van der Waals surface area contributed by atoms with Crippen LogP contribution < -0.4 is 10.6 Å². The zero-order valence-electron chi connectivity index (χ0n) is 18.8. The smallest absolute Gasteiger partial charge is 0.272 e. The molecule has 0 radical (unpaired) electrons. The van der Waals surface area contributed by atoms with E-state index in [1.807, 2.05) is 0 Å². The standard InChI is InChI=1S/C25H24ClF2N5O2/c26-18-4-3-5-19(28)21(18)20(33-12-1-2-13-33)15-32-25(35)23-22(29-10-11-30-23)24(34)31-14-16-6-8-17(27)9-7-16/h3-11,20H,1-2,12-15H2,(H,31,34)(H,32,35). The first-order valence-corrected chi connectivity index (χ1v) is 11.6. The SMILES string of the molecule is O=C(NCc1ccc(F)cc1)c1nccnc1C(=O)NCC(c1c(F)cccc1Cl)N1CCCC1. The van der Waals surface area contributed by atoms with Gasteiger partial charge in [0.05, 0.1) is 6.04 Å². The van der Waals surface area contributed by atoms with Crippen molar-refractivity contribution in [2.45, 2.75) is 25.4 Å². The number of halogens is 3. The van der Waals surface area contributed by atoms with Crippen LogP contribution in [0.1, 0.15) is 51.0 Å². The number of rotatable bonds is 8. The summed E-state index contributed by atoms with van der Waals surface area (Å²) in [7, 11) is 0. The fourth-order valence-electron chi connectivity index (χ4n) is 4.11. The molecular weight excluding hydrogens is 476 g/mol. The van der Waals surface area contributed by atoms with Crippen LogP contribution in [-0.2, 0) is 6.54 Å². The topological polar surface area (TPSA) is 87.2 Å². The lowest BCUT2D eigenvalue weighted by Crippen LogP contribution is -2.38. The minimum atomic E-state index is -0.610. The predicted molar refractivity (Wildman–Crippen MR) is 127 cm³/mol. The number of benzene rings is 2. The zero-order valence-corrected chi connectivity index (χ0v) is 19.6. The van der Waals surface area contributed by atoms with E-state index in [0.29, 0.717) is 11.1 Å². The van der Waals surface area contributed by atoms with Gasteiger partial charge in [0.15, 0.2) is 11.4 Å². The van der Waals surface area contributed by atoms with Crippen LogP contribution in [0.3, 0.4) is 0 Å². The number of hydrogen-bond acceptors (Lipinski definition) is 5. The van der Waals surface area contributed by atoms with E-state index < -0.39 is 23.7 Å². The number of hydrogen-bond donors (Lipinski definition) is 2. The summed E-state index contributed by atoms with van der Waals surface area (Å²) in [5.74, 6) is -2.02. The van der Waals surface area contributed by atoms with Crippen LogP contribution in [0.15, 0.2) is 54.9 Å². The highest BCUT2D eigenvalue weighted by Crippen LogP contribution is 2.32. The Morgan fingerprint density at radius 2 is 1.57 bits per heavy atom. The number of nitrogens with one attached hydrogen (secondary N) is 2. The van der Waals surface area contributed by atoms with Gasteiger partial charge in [-0.15, -0.1) is 0 Å². The number of likely N-dealkylation sites (tertiary alicyclic amines) is 1. The van der Waals surface area contributed by atoms with Crippen LogP contribution in [0.5, 0.6) is 0 Å². The fraction of sp³-hybridized carbons (Fsp3) is 0.280. The molecule has 1 fully saturated rings. The highest BCUT2D eigenvalue weighted by atomic mass is 35.5. The zero-order chi connectivity index (χ0) is 24.8. The van der Waals surface area contributed by atoms with Gasteiger partial charge in [-0.3, -0.25) is 14.5 Å². The second kappa shape index (κ2) is 11.3. The van der Waals surface area contributed by atoms with Crippen LogP contribution in [0, 0.1) is 11.6 Å². The summed E-state index contributed by atoms with van der Waals surface area (Å²) in [6, 6.07) is 9.72. The van der Waals surface area contributed by atoms with Gasteiger partial charge < -0.3 is 10.6 Å². The molecule has 2 amide bonds. The van der Waals surface area contributed by atoms with Crippen molar-refractivity contribution in [1.82, 2.24) is 25.5 Å². The highest BCUT2D eigenvalue weighted by molar-refractivity contribution is 6.31. The van der Waals surface area contributed by atoms with Crippen molar-refractivity contribution in [3.05, 3.63) is 94.0 Å². The van der Waals surface area contributed by atoms with Crippen molar-refractivity contribution in [3.8, 4) is 0 Å². The molecule has 2 N–H and O–H groups in total. The Labute approximate surface area is 206 Å². The van der Waals surface area contributed by atoms with E-state index in [1.54, 1.807) is 18.2 Å². The largest absolute Gasteiger partial charge is 0.349 e. The molecule has 0 saturated carbocycles. The molecule has 35 heavy (non-hydrogen) atoms. The van der Waals surface area contributed by atoms with Gasteiger partial charge in [-0.05, 0) is 55.8 Å². The molecule has 7 nitrogen and oxygen atoms in total. The minimum absolute atomic E-state index is 0.0761. The summed E-state index contributed by atoms with van der Waals surface area (Å²) in [5.41, 5.74) is 0.718. The molecule has 2 aromatic carbocycles. The fourth-order valence-corrected chi connectivity index (χ4v) is 4.40. The Kier molecular flexibility index (Phi) is 7.99. The summed E-state index contributed by atoms with van der Waals surface area (Å²) >= 11 is 6.32. The molecule has 1 aliphatic heterocycles. The lowest BCUT2D eigenvalue weighted by molar-refractivity contribution is 0.0901. The minimum Gasteiger partial charge on any atom is -0.349 e. The number of carbonyl (C=O) groups is 2. The molecule has 2 heterocycles. The number of carbonyl (C=O) groups excluding carboxylic acids is 2. The van der Waals surface area contributed by atoms with E-state index in [2.05, 4.69) is 25.5 Å². The van der Waals surface area contributed by atoms with Crippen LogP contribution in [0.4, 0.5) is 8.78 Å². The predicted octanol–water partition coefficient (Wildman–Crippen LogP) is 3.91. The third kappa shape index (κ3) is 5.98. The maximum atomic E-state index is 14.7. The van der Waals surface area contributed by atoms with Gasteiger partial charge in [-0.2, -0.15) is 0 Å². The van der Waals surface area contributed by atoms with E-state index in [-0.39, 0.29) is 35.3 Å². The van der Waals surface area contributed by atoms with Gasteiger partial charge in [0.25, 0.3) is 11.8 Å². The third-order valence-corrected chi connectivity index (χ3v) is 6.19. The van der Waals surface area contributed by atoms with E-state index in [9.17, 15) is 18.4 Å². The molecular formula is C25H24ClF2N5O2. The lowest BCUT2D eigenvalue weighted by Gasteiger charge is -2.29. The molecule has 182 valence electrons. The molecule has 1 aliphatic rings. The Morgan fingerprint density at radius 3 is 2.20 bits per heavy atom. The first kappa shape index (κ1) is 24.7. The van der Waals surface area contributed by atoms with Crippen LogP contribution in [0.25, 0.3) is 0 Å². The van der Waals surface area contributed by atoms with Gasteiger partial charge in [0, 0.05) is 36.1 Å². The molecule has 10 heteroatoms. The Balaban J connectivity index is 1.48. The molecule has 4 rings (SSSR count). The van der Waals surface area contributed by atoms with Gasteiger partial charge in [0.2, 0.25) is 0 Å². The monoisotopic (exact) mass is 499 g/mol. The number of nitrogens with zero attached hydrogens (tertiary/aromatic N) is 3. The first-order valence-electron chi connectivity index (χ1n) is 11.2. The second-order valence-electron chi connectivity index (χ2n) is 8.17. The molecule has 1 atom stereocenters. The normalized spacial score (nSPS) is 14.5. The van der Waals surface area contributed by atoms with E-state index in [4.69, 9.17) is 11.6 Å². The van der Waals surface area contributed by atoms with Gasteiger partial charge in [-0.25, -0.2) is 18.7 Å². The average molecular weight is 500 g/mol. The van der Waals surface area contributed by atoms with Crippen molar-refractivity contribution in [2.75, 3.05) is 19.6 Å². The quantitative estimate of drug-likeness (QED) is 0.491. The molecule has 1 unspecified atom stereocenters. The van der Waals surface area contributed by atoms with E-state index >= 15 is 0 Å². The molecule has 0 spiro atoms. The average Bonchev–Trinajstić information content (AvgIpc) is 3.40. The molecule has 0 bridgehead atoms. The van der Waals surface area contributed by atoms with Crippen molar-refractivity contribution in [3.63, 3.8) is 0 Å². The van der Waals surface area contributed by atoms with E-state index in [1.165, 1.54) is 36.7 Å².